The molecule has 3 atom stereocenters. The first-order valence-electron chi connectivity index (χ1n) is 6.15. The first-order chi connectivity index (χ1) is 6.74. The van der Waals surface area contributed by atoms with Gasteiger partial charge in [-0.1, -0.05) is 26.2 Å². The predicted octanol–water partition coefficient (Wildman–Crippen LogP) is 2.32. The highest BCUT2D eigenvalue weighted by Crippen LogP contribution is 2.26. The Kier molecular flexibility index (Phi) is 5.49. The summed E-state index contributed by atoms with van der Waals surface area (Å²) in [6, 6.07) is 0.715. The Labute approximate surface area is 88.1 Å². The van der Waals surface area contributed by atoms with Crippen molar-refractivity contribution in [2.24, 2.45) is 5.92 Å². The summed E-state index contributed by atoms with van der Waals surface area (Å²) in [7, 11) is 0. The van der Waals surface area contributed by atoms with Gasteiger partial charge in [0.05, 0.1) is 6.10 Å². The highest BCUT2D eigenvalue weighted by Gasteiger charge is 2.22. The van der Waals surface area contributed by atoms with E-state index in [1.165, 1.54) is 32.1 Å². The van der Waals surface area contributed by atoms with Crippen LogP contribution in [0.1, 0.15) is 52.4 Å². The van der Waals surface area contributed by atoms with Gasteiger partial charge < -0.3 is 10.4 Å². The third kappa shape index (κ3) is 3.97. The topological polar surface area (TPSA) is 32.3 Å². The molecule has 2 heteroatoms. The lowest BCUT2D eigenvalue weighted by Crippen LogP contribution is -2.39. The smallest absolute Gasteiger partial charge is 0.0524 e. The molecule has 0 spiro atoms. The molecule has 0 aromatic rings. The lowest BCUT2D eigenvalue weighted by Gasteiger charge is -2.31. The highest BCUT2D eigenvalue weighted by molar-refractivity contribution is 4.80. The summed E-state index contributed by atoms with van der Waals surface area (Å²) in [5.74, 6) is 0.873. The standard InChI is InChI=1S/C12H25NO/c1-3-11-6-4-5-7-12(11)13-9-8-10(2)14/h10-14H,3-9H2,1-2H3/t10-,11+,12-/m1/s1. The van der Waals surface area contributed by atoms with E-state index in [0.29, 0.717) is 6.04 Å². The molecule has 0 heterocycles. The van der Waals surface area contributed by atoms with Crippen LogP contribution in [0.5, 0.6) is 0 Å². The average Bonchev–Trinajstić information content (AvgIpc) is 2.18. The number of hydrogen-bond acceptors (Lipinski definition) is 2. The summed E-state index contributed by atoms with van der Waals surface area (Å²) in [6.45, 7) is 5.12. The van der Waals surface area contributed by atoms with Gasteiger partial charge in [-0.2, -0.15) is 0 Å². The van der Waals surface area contributed by atoms with Crippen LogP contribution < -0.4 is 5.32 Å². The van der Waals surface area contributed by atoms with Crippen molar-refractivity contribution in [3.8, 4) is 0 Å². The maximum Gasteiger partial charge on any atom is 0.0524 e. The SMILES string of the molecule is CC[C@H]1CCCC[C@H]1NCC[C@@H](C)O. The van der Waals surface area contributed by atoms with Crippen LogP contribution in [0.3, 0.4) is 0 Å². The van der Waals surface area contributed by atoms with Crippen LogP contribution in [0.25, 0.3) is 0 Å². The summed E-state index contributed by atoms with van der Waals surface area (Å²) in [5, 5.41) is 12.8. The number of rotatable bonds is 5. The molecule has 0 aromatic carbocycles. The second-order valence-corrected chi connectivity index (χ2v) is 4.65. The van der Waals surface area contributed by atoms with Crippen LogP contribution in [0, 0.1) is 5.92 Å². The van der Waals surface area contributed by atoms with E-state index >= 15 is 0 Å². The Morgan fingerprint density at radius 3 is 2.71 bits per heavy atom. The maximum absolute atomic E-state index is 9.16. The van der Waals surface area contributed by atoms with Gasteiger partial charge in [0, 0.05) is 6.04 Å². The molecule has 1 aliphatic carbocycles. The quantitative estimate of drug-likeness (QED) is 0.712. The molecule has 0 unspecified atom stereocenters. The van der Waals surface area contributed by atoms with Crippen molar-refractivity contribution in [1.29, 1.82) is 0 Å². The van der Waals surface area contributed by atoms with Crippen LogP contribution in [0.15, 0.2) is 0 Å². The normalized spacial score (nSPS) is 30.2. The average molecular weight is 199 g/mol. The van der Waals surface area contributed by atoms with Crippen LogP contribution in [0.4, 0.5) is 0 Å². The lowest BCUT2D eigenvalue weighted by atomic mass is 9.83. The fourth-order valence-corrected chi connectivity index (χ4v) is 2.44. The van der Waals surface area contributed by atoms with Crippen molar-refractivity contribution < 1.29 is 5.11 Å². The fraction of sp³-hybridized carbons (Fsp3) is 1.00. The molecule has 1 fully saturated rings. The molecule has 2 N–H and O–H groups in total. The van der Waals surface area contributed by atoms with Crippen LogP contribution in [0.2, 0.25) is 0 Å². The van der Waals surface area contributed by atoms with Gasteiger partial charge in [-0.25, -0.2) is 0 Å². The molecule has 0 aliphatic heterocycles. The van der Waals surface area contributed by atoms with Gasteiger partial charge in [-0.15, -0.1) is 0 Å². The van der Waals surface area contributed by atoms with Crippen molar-refractivity contribution in [1.82, 2.24) is 5.32 Å². The molecule has 0 saturated heterocycles. The zero-order valence-electron chi connectivity index (χ0n) is 9.63. The number of aliphatic hydroxyl groups excluding tert-OH is 1. The monoisotopic (exact) mass is 199 g/mol. The molecular weight excluding hydrogens is 174 g/mol. The summed E-state index contributed by atoms with van der Waals surface area (Å²) in [4.78, 5) is 0. The third-order valence-electron chi connectivity index (χ3n) is 3.40. The minimum atomic E-state index is -0.161. The van der Waals surface area contributed by atoms with Crippen molar-refractivity contribution in [2.75, 3.05) is 6.54 Å². The number of hydrogen-bond donors (Lipinski definition) is 2. The van der Waals surface area contributed by atoms with Gasteiger partial charge in [0.15, 0.2) is 0 Å². The van der Waals surface area contributed by atoms with Crippen LogP contribution >= 0.6 is 0 Å². The van der Waals surface area contributed by atoms with E-state index in [0.717, 1.165) is 18.9 Å². The Morgan fingerprint density at radius 2 is 2.07 bits per heavy atom. The van der Waals surface area contributed by atoms with E-state index in [-0.39, 0.29) is 6.10 Å². The first kappa shape index (κ1) is 12.0. The minimum absolute atomic E-state index is 0.161. The lowest BCUT2D eigenvalue weighted by molar-refractivity contribution is 0.175. The number of nitrogens with one attached hydrogen (secondary N) is 1. The van der Waals surface area contributed by atoms with E-state index in [2.05, 4.69) is 12.2 Å². The van der Waals surface area contributed by atoms with Gasteiger partial charge >= 0.3 is 0 Å². The highest BCUT2D eigenvalue weighted by atomic mass is 16.3. The summed E-state index contributed by atoms with van der Waals surface area (Å²) in [5.41, 5.74) is 0. The van der Waals surface area contributed by atoms with Gasteiger partial charge in [0.2, 0.25) is 0 Å². The van der Waals surface area contributed by atoms with E-state index < -0.39 is 0 Å². The van der Waals surface area contributed by atoms with E-state index in [1.54, 1.807) is 0 Å². The molecule has 84 valence electrons. The predicted molar refractivity (Wildman–Crippen MR) is 60.3 cm³/mol. The number of aliphatic hydroxyl groups is 1. The van der Waals surface area contributed by atoms with Gasteiger partial charge in [0.1, 0.15) is 0 Å². The van der Waals surface area contributed by atoms with Crippen molar-refractivity contribution in [2.45, 2.75) is 64.5 Å². The Morgan fingerprint density at radius 1 is 1.36 bits per heavy atom. The van der Waals surface area contributed by atoms with Crippen molar-refractivity contribution >= 4 is 0 Å². The Balaban J connectivity index is 2.19. The second-order valence-electron chi connectivity index (χ2n) is 4.65. The molecule has 2 nitrogen and oxygen atoms in total. The first-order valence-corrected chi connectivity index (χ1v) is 6.15. The molecule has 1 saturated carbocycles. The molecule has 0 radical (unpaired) electrons. The van der Waals surface area contributed by atoms with E-state index in [1.807, 2.05) is 6.92 Å². The van der Waals surface area contributed by atoms with E-state index in [4.69, 9.17) is 5.11 Å². The van der Waals surface area contributed by atoms with Crippen LogP contribution in [-0.4, -0.2) is 23.8 Å². The third-order valence-corrected chi connectivity index (χ3v) is 3.40. The van der Waals surface area contributed by atoms with Crippen LogP contribution in [-0.2, 0) is 0 Å². The minimum Gasteiger partial charge on any atom is -0.393 e. The maximum atomic E-state index is 9.16. The molecule has 0 aromatic heterocycles. The van der Waals surface area contributed by atoms with E-state index in [9.17, 15) is 0 Å². The zero-order chi connectivity index (χ0) is 10.4. The Hall–Kier alpha value is -0.0800. The van der Waals surface area contributed by atoms with Crippen molar-refractivity contribution in [3.63, 3.8) is 0 Å². The van der Waals surface area contributed by atoms with Gasteiger partial charge in [-0.3, -0.25) is 0 Å². The Bertz CT molecular complexity index is 147. The molecule has 1 aliphatic rings. The van der Waals surface area contributed by atoms with Crippen molar-refractivity contribution in [3.05, 3.63) is 0 Å². The largest absolute Gasteiger partial charge is 0.393 e. The van der Waals surface area contributed by atoms with Gasteiger partial charge in [0.25, 0.3) is 0 Å². The summed E-state index contributed by atoms with van der Waals surface area (Å²) < 4.78 is 0. The summed E-state index contributed by atoms with van der Waals surface area (Å²) >= 11 is 0. The molecule has 1 rings (SSSR count). The molecule has 0 amide bonds. The molecular formula is C12H25NO. The second kappa shape index (κ2) is 6.41. The molecule has 0 bridgehead atoms. The molecule has 14 heavy (non-hydrogen) atoms. The summed E-state index contributed by atoms with van der Waals surface area (Å²) in [6.07, 6.45) is 7.53. The fourth-order valence-electron chi connectivity index (χ4n) is 2.44. The van der Waals surface area contributed by atoms with Gasteiger partial charge in [-0.05, 0) is 38.6 Å². The zero-order valence-corrected chi connectivity index (χ0v) is 9.63.